The molecule has 1 aliphatic heterocycles. The molecule has 0 aromatic carbocycles. The molecule has 0 aromatic rings. The van der Waals surface area contributed by atoms with Crippen LogP contribution in [-0.4, -0.2) is 56.6 Å². The first kappa shape index (κ1) is 13.9. The molecule has 0 aliphatic carbocycles. The van der Waals surface area contributed by atoms with Gasteiger partial charge in [-0.05, 0) is 64.4 Å². The summed E-state index contributed by atoms with van der Waals surface area (Å²) >= 11 is 0. The second-order valence-electron chi connectivity index (χ2n) is 6.13. The maximum Gasteiger partial charge on any atom is 0.00269 e. The van der Waals surface area contributed by atoms with E-state index >= 15 is 0 Å². The molecule has 0 aromatic heterocycles. The topological polar surface area (TPSA) is 32.5 Å². The van der Waals surface area contributed by atoms with Gasteiger partial charge in [-0.15, -0.1) is 0 Å². The van der Waals surface area contributed by atoms with Gasteiger partial charge in [-0.3, -0.25) is 0 Å². The van der Waals surface area contributed by atoms with E-state index in [-0.39, 0.29) is 0 Å². The number of nitrogens with zero attached hydrogens (tertiary/aromatic N) is 2. The Balaban J connectivity index is 2.31. The number of piperidine rings is 1. The predicted molar refractivity (Wildman–Crippen MR) is 70.6 cm³/mol. The number of hydrogen-bond donors (Lipinski definition) is 1. The highest BCUT2D eigenvalue weighted by Crippen LogP contribution is 2.34. The summed E-state index contributed by atoms with van der Waals surface area (Å²) in [6.45, 7) is 10.4. The van der Waals surface area contributed by atoms with Crippen molar-refractivity contribution in [1.82, 2.24) is 9.80 Å². The zero-order valence-corrected chi connectivity index (χ0v) is 11.5. The lowest BCUT2D eigenvalue weighted by Crippen LogP contribution is -2.48. The van der Waals surface area contributed by atoms with E-state index in [1.165, 1.54) is 39.0 Å². The van der Waals surface area contributed by atoms with Crippen LogP contribution in [-0.2, 0) is 0 Å². The van der Waals surface area contributed by atoms with Crippen molar-refractivity contribution in [2.24, 2.45) is 17.1 Å². The quantitative estimate of drug-likeness (QED) is 0.767. The molecule has 0 radical (unpaired) electrons. The van der Waals surface area contributed by atoms with E-state index in [0.29, 0.717) is 11.3 Å². The molecule has 96 valence electrons. The van der Waals surface area contributed by atoms with Crippen LogP contribution >= 0.6 is 0 Å². The monoisotopic (exact) mass is 227 g/mol. The molecule has 0 saturated carbocycles. The van der Waals surface area contributed by atoms with Gasteiger partial charge in [0.15, 0.2) is 0 Å². The maximum atomic E-state index is 5.88. The SMILES string of the molecule is CN(C)CCCN1CCC(C)(C)C(CN)C1. The van der Waals surface area contributed by atoms with E-state index in [0.717, 1.165) is 6.54 Å². The molecule has 1 heterocycles. The van der Waals surface area contributed by atoms with E-state index in [9.17, 15) is 0 Å². The van der Waals surface area contributed by atoms with Crippen LogP contribution in [0.15, 0.2) is 0 Å². The molecule has 1 unspecified atom stereocenters. The lowest BCUT2D eigenvalue weighted by atomic mass is 9.73. The zero-order chi connectivity index (χ0) is 12.2. The van der Waals surface area contributed by atoms with Crippen LogP contribution in [0.3, 0.4) is 0 Å². The van der Waals surface area contributed by atoms with Crippen molar-refractivity contribution in [3.8, 4) is 0 Å². The first-order valence-corrected chi connectivity index (χ1v) is 6.53. The van der Waals surface area contributed by atoms with E-state index in [4.69, 9.17) is 5.73 Å². The summed E-state index contributed by atoms with van der Waals surface area (Å²) in [5.74, 6) is 0.667. The minimum Gasteiger partial charge on any atom is -0.330 e. The molecule has 1 atom stereocenters. The van der Waals surface area contributed by atoms with Crippen LogP contribution in [0.2, 0.25) is 0 Å². The number of hydrogen-bond acceptors (Lipinski definition) is 3. The summed E-state index contributed by atoms with van der Waals surface area (Å²) in [7, 11) is 4.28. The maximum absolute atomic E-state index is 5.88. The van der Waals surface area contributed by atoms with Gasteiger partial charge in [0.25, 0.3) is 0 Å². The summed E-state index contributed by atoms with van der Waals surface area (Å²) in [6, 6.07) is 0. The van der Waals surface area contributed by atoms with E-state index in [1.807, 2.05) is 0 Å². The predicted octanol–water partition coefficient (Wildman–Crippen LogP) is 1.24. The fourth-order valence-electron chi connectivity index (χ4n) is 2.51. The Hall–Kier alpha value is -0.120. The van der Waals surface area contributed by atoms with Crippen molar-refractivity contribution in [1.29, 1.82) is 0 Å². The lowest BCUT2D eigenvalue weighted by molar-refractivity contribution is 0.0634. The van der Waals surface area contributed by atoms with Gasteiger partial charge in [-0.2, -0.15) is 0 Å². The van der Waals surface area contributed by atoms with Crippen molar-refractivity contribution < 1.29 is 0 Å². The van der Waals surface area contributed by atoms with Gasteiger partial charge in [-0.1, -0.05) is 13.8 Å². The number of rotatable bonds is 5. The van der Waals surface area contributed by atoms with Crippen molar-refractivity contribution in [3.05, 3.63) is 0 Å². The van der Waals surface area contributed by atoms with Gasteiger partial charge in [0.05, 0.1) is 0 Å². The molecule has 0 amide bonds. The normalized spacial score (nSPS) is 26.2. The van der Waals surface area contributed by atoms with Crippen LogP contribution in [0.1, 0.15) is 26.7 Å². The Kier molecular flexibility index (Phi) is 5.22. The molecule has 1 saturated heterocycles. The third-order valence-electron chi connectivity index (χ3n) is 4.02. The molecule has 0 spiro atoms. The highest BCUT2D eigenvalue weighted by atomic mass is 15.1. The molecule has 1 rings (SSSR count). The fraction of sp³-hybridized carbons (Fsp3) is 1.00. The molecular weight excluding hydrogens is 198 g/mol. The zero-order valence-electron chi connectivity index (χ0n) is 11.5. The minimum atomic E-state index is 0.437. The summed E-state index contributed by atoms with van der Waals surface area (Å²) < 4.78 is 0. The molecule has 2 N–H and O–H groups in total. The van der Waals surface area contributed by atoms with E-state index < -0.39 is 0 Å². The standard InChI is InChI=1S/C13H29N3/c1-13(2)6-9-16(11-12(13)10-14)8-5-7-15(3)4/h12H,5-11,14H2,1-4H3. The lowest BCUT2D eigenvalue weighted by Gasteiger charge is -2.43. The smallest absolute Gasteiger partial charge is 0.00269 e. The van der Waals surface area contributed by atoms with E-state index in [1.54, 1.807) is 0 Å². The Bertz CT molecular complexity index is 201. The van der Waals surface area contributed by atoms with Gasteiger partial charge in [0, 0.05) is 6.54 Å². The average molecular weight is 227 g/mol. The van der Waals surface area contributed by atoms with Gasteiger partial charge in [-0.25, -0.2) is 0 Å². The summed E-state index contributed by atoms with van der Waals surface area (Å²) in [5.41, 5.74) is 6.32. The summed E-state index contributed by atoms with van der Waals surface area (Å²) in [4.78, 5) is 4.85. The van der Waals surface area contributed by atoms with Crippen LogP contribution < -0.4 is 5.73 Å². The van der Waals surface area contributed by atoms with Crippen LogP contribution in [0.25, 0.3) is 0 Å². The largest absolute Gasteiger partial charge is 0.330 e. The highest BCUT2D eigenvalue weighted by Gasteiger charge is 2.34. The van der Waals surface area contributed by atoms with Crippen molar-refractivity contribution in [2.75, 3.05) is 46.8 Å². The van der Waals surface area contributed by atoms with E-state index in [2.05, 4.69) is 37.7 Å². The van der Waals surface area contributed by atoms with Gasteiger partial charge < -0.3 is 15.5 Å². The van der Waals surface area contributed by atoms with Gasteiger partial charge in [0.2, 0.25) is 0 Å². The second-order valence-corrected chi connectivity index (χ2v) is 6.13. The van der Waals surface area contributed by atoms with Crippen LogP contribution in [0.5, 0.6) is 0 Å². The van der Waals surface area contributed by atoms with Crippen molar-refractivity contribution >= 4 is 0 Å². The van der Waals surface area contributed by atoms with Crippen molar-refractivity contribution in [3.63, 3.8) is 0 Å². The fourth-order valence-corrected chi connectivity index (χ4v) is 2.51. The number of likely N-dealkylation sites (tertiary alicyclic amines) is 1. The average Bonchev–Trinajstić information content (AvgIpc) is 2.19. The molecule has 0 bridgehead atoms. The highest BCUT2D eigenvalue weighted by molar-refractivity contribution is 4.87. The second kappa shape index (κ2) is 5.99. The molecule has 3 nitrogen and oxygen atoms in total. The number of nitrogens with two attached hydrogens (primary N) is 1. The third-order valence-corrected chi connectivity index (χ3v) is 4.02. The van der Waals surface area contributed by atoms with Gasteiger partial charge >= 0.3 is 0 Å². The molecule has 3 heteroatoms. The molecule has 16 heavy (non-hydrogen) atoms. The first-order chi connectivity index (χ1) is 7.45. The first-order valence-electron chi connectivity index (χ1n) is 6.53. The minimum absolute atomic E-state index is 0.437. The van der Waals surface area contributed by atoms with Crippen LogP contribution in [0.4, 0.5) is 0 Å². The molecule has 1 fully saturated rings. The summed E-state index contributed by atoms with van der Waals surface area (Å²) in [5, 5.41) is 0. The summed E-state index contributed by atoms with van der Waals surface area (Å²) in [6.07, 6.45) is 2.56. The Morgan fingerprint density at radius 1 is 1.38 bits per heavy atom. The van der Waals surface area contributed by atoms with Crippen LogP contribution in [0, 0.1) is 11.3 Å². The van der Waals surface area contributed by atoms with Crippen molar-refractivity contribution in [2.45, 2.75) is 26.7 Å². The van der Waals surface area contributed by atoms with Gasteiger partial charge in [0.1, 0.15) is 0 Å². The Morgan fingerprint density at radius 2 is 2.06 bits per heavy atom. The Labute approximate surface area is 101 Å². The molecule has 1 aliphatic rings. The Morgan fingerprint density at radius 3 is 2.62 bits per heavy atom. The third kappa shape index (κ3) is 4.04. The molecular formula is C13H29N3.